The number of hydrogen-bond acceptors (Lipinski definition) is 5. The van der Waals surface area contributed by atoms with Crippen molar-refractivity contribution < 1.29 is 4.74 Å². The van der Waals surface area contributed by atoms with Crippen LogP contribution in [0.15, 0.2) is 24.5 Å². The van der Waals surface area contributed by atoms with Crippen molar-refractivity contribution in [3.63, 3.8) is 0 Å². The molecule has 0 spiro atoms. The Hall–Kier alpha value is -1.89. The Morgan fingerprint density at radius 1 is 1.25 bits per heavy atom. The van der Waals surface area contributed by atoms with Gasteiger partial charge in [0.25, 0.3) is 0 Å². The third-order valence-electron chi connectivity index (χ3n) is 3.81. The topological polar surface area (TPSA) is 63.7 Å². The van der Waals surface area contributed by atoms with Crippen molar-refractivity contribution in [3.8, 4) is 5.88 Å². The number of benzene rings is 1. The number of aryl methyl sites for hydroxylation is 1. The molecule has 5 nitrogen and oxygen atoms in total. The molecule has 0 saturated carbocycles. The molecule has 0 unspecified atom stereocenters. The van der Waals surface area contributed by atoms with E-state index in [1.165, 1.54) is 23.2 Å². The quantitative estimate of drug-likeness (QED) is 0.553. The first kappa shape index (κ1) is 15.6. The van der Waals surface area contributed by atoms with E-state index in [0.717, 1.165) is 32.9 Å². The zero-order valence-electron chi connectivity index (χ0n) is 12.6. The van der Waals surface area contributed by atoms with Gasteiger partial charge in [0.05, 0.1) is 6.61 Å². The SMILES string of the molecule is Cc1[nH]c2ccc(Cl)cc2c1CCOc1ncnc2sc(Cl)nc12. The van der Waals surface area contributed by atoms with E-state index in [2.05, 4.69) is 19.9 Å². The second-order valence-electron chi connectivity index (χ2n) is 5.32. The molecular weight excluding hydrogens is 367 g/mol. The monoisotopic (exact) mass is 378 g/mol. The van der Waals surface area contributed by atoms with Crippen LogP contribution in [0.25, 0.3) is 21.3 Å². The maximum atomic E-state index is 6.12. The molecule has 0 fully saturated rings. The Balaban J connectivity index is 1.57. The van der Waals surface area contributed by atoms with Crippen LogP contribution in [0.5, 0.6) is 5.88 Å². The van der Waals surface area contributed by atoms with Crippen LogP contribution in [0.4, 0.5) is 0 Å². The molecule has 122 valence electrons. The first-order chi connectivity index (χ1) is 11.6. The largest absolute Gasteiger partial charge is 0.476 e. The summed E-state index contributed by atoms with van der Waals surface area (Å²) in [6, 6.07) is 5.84. The number of nitrogens with one attached hydrogen (secondary N) is 1. The number of H-pyrrole nitrogens is 1. The van der Waals surface area contributed by atoms with Crippen LogP contribution in [-0.4, -0.2) is 26.5 Å². The number of aromatic nitrogens is 4. The van der Waals surface area contributed by atoms with Gasteiger partial charge in [-0.15, -0.1) is 0 Å². The summed E-state index contributed by atoms with van der Waals surface area (Å²) in [5.74, 6) is 0.457. The highest BCUT2D eigenvalue weighted by Gasteiger charge is 2.12. The van der Waals surface area contributed by atoms with E-state index in [-0.39, 0.29) is 0 Å². The van der Waals surface area contributed by atoms with E-state index in [1.807, 2.05) is 25.1 Å². The van der Waals surface area contributed by atoms with Crippen LogP contribution in [0.3, 0.4) is 0 Å². The lowest BCUT2D eigenvalue weighted by molar-refractivity contribution is 0.313. The van der Waals surface area contributed by atoms with E-state index in [1.54, 1.807) is 0 Å². The summed E-state index contributed by atoms with van der Waals surface area (Å²) in [7, 11) is 0. The van der Waals surface area contributed by atoms with Gasteiger partial charge in [-0.05, 0) is 30.7 Å². The second-order valence-corrected chi connectivity index (χ2v) is 7.31. The summed E-state index contributed by atoms with van der Waals surface area (Å²) in [4.78, 5) is 16.6. The van der Waals surface area contributed by atoms with Crippen molar-refractivity contribution >= 4 is 55.8 Å². The van der Waals surface area contributed by atoms with E-state index in [9.17, 15) is 0 Å². The molecule has 0 aliphatic heterocycles. The highest BCUT2D eigenvalue weighted by atomic mass is 35.5. The lowest BCUT2D eigenvalue weighted by Gasteiger charge is -2.06. The number of ether oxygens (including phenoxy) is 1. The molecule has 0 radical (unpaired) electrons. The van der Waals surface area contributed by atoms with E-state index in [4.69, 9.17) is 27.9 Å². The minimum Gasteiger partial charge on any atom is -0.476 e. The standard InChI is InChI=1S/C16H12Cl2N4OS/c1-8-10(11-6-9(17)2-3-12(11)21-8)4-5-23-14-13-15(20-7-19-14)24-16(18)22-13/h2-3,6-7,21H,4-5H2,1H3. The second kappa shape index (κ2) is 6.20. The molecule has 0 saturated heterocycles. The van der Waals surface area contributed by atoms with Crippen LogP contribution < -0.4 is 4.74 Å². The third kappa shape index (κ3) is 2.81. The number of aromatic amines is 1. The zero-order chi connectivity index (χ0) is 16.7. The van der Waals surface area contributed by atoms with Gasteiger partial charge in [0, 0.05) is 28.0 Å². The van der Waals surface area contributed by atoms with Crippen molar-refractivity contribution in [2.75, 3.05) is 6.61 Å². The van der Waals surface area contributed by atoms with Gasteiger partial charge in [-0.2, -0.15) is 4.98 Å². The van der Waals surface area contributed by atoms with Gasteiger partial charge in [-0.25, -0.2) is 9.97 Å². The number of fused-ring (bicyclic) bond motifs is 2. The van der Waals surface area contributed by atoms with Gasteiger partial charge in [0.1, 0.15) is 6.33 Å². The lowest BCUT2D eigenvalue weighted by atomic mass is 10.1. The molecule has 0 aliphatic carbocycles. The molecule has 8 heteroatoms. The van der Waals surface area contributed by atoms with Gasteiger partial charge < -0.3 is 9.72 Å². The van der Waals surface area contributed by atoms with Gasteiger partial charge in [0.2, 0.25) is 5.88 Å². The molecule has 1 N–H and O–H groups in total. The highest BCUT2D eigenvalue weighted by Crippen LogP contribution is 2.29. The van der Waals surface area contributed by atoms with E-state index in [0.29, 0.717) is 22.5 Å². The van der Waals surface area contributed by atoms with Crippen molar-refractivity contribution in [1.82, 2.24) is 19.9 Å². The summed E-state index contributed by atoms with van der Waals surface area (Å²) in [6.07, 6.45) is 2.19. The molecule has 3 heterocycles. The van der Waals surface area contributed by atoms with Crippen molar-refractivity contribution in [1.29, 1.82) is 0 Å². The summed E-state index contributed by atoms with van der Waals surface area (Å²) in [5, 5.41) is 1.84. The maximum Gasteiger partial charge on any atom is 0.244 e. The number of halogens is 2. The van der Waals surface area contributed by atoms with Crippen molar-refractivity contribution in [2.45, 2.75) is 13.3 Å². The fourth-order valence-corrected chi connectivity index (χ4v) is 3.84. The Morgan fingerprint density at radius 3 is 3.00 bits per heavy atom. The number of thiazole rings is 1. The molecular formula is C16H12Cl2N4OS. The smallest absolute Gasteiger partial charge is 0.244 e. The molecule has 0 aliphatic rings. The summed E-state index contributed by atoms with van der Waals surface area (Å²) in [6.45, 7) is 2.52. The summed E-state index contributed by atoms with van der Waals surface area (Å²) >= 11 is 13.4. The molecule has 24 heavy (non-hydrogen) atoms. The van der Waals surface area contributed by atoms with Crippen LogP contribution >= 0.6 is 34.5 Å². The molecule has 0 atom stereocenters. The van der Waals surface area contributed by atoms with Crippen LogP contribution in [0, 0.1) is 6.92 Å². The first-order valence-electron chi connectivity index (χ1n) is 7.28. The molecule has 3 aromatic heterocycles. The number of rotatable bonds is 4. The zero-order valence-corrected chi connectivity index (χ0v) is 15.0. The van der Waals surface area contributed by atoms with E-state index >= 15 is 0 Å². The van der Waals surface area contributed by atoms with E-state index < -0.39 is 0 Å². The van der Waals surface area contributed by atoms with Crippen LogP contribution in [0.2, 0.25) is 9.49 Å². The Kier molecular flexibility index (Phi) is 4.04. The summed E-state index contributed by atoms with van der Waals surface area (Å²) < 4.78 is 6.26. The average Bonchev–Trinajstić information content (AvgIpc) is 3.07. The van der Waals surface area contributed by atoms with Crippen LogP contribution in [0.1, 0.15) is 11.3 Å². The molecule has 4 aromatic rings. The van der Waals surface area contributed by atoms with Gasteiger partial charge >= 0.3 is 0 Å². The maximum absolute atomic E-state index is 6.12. The first-order valence-corrected chi connectivity index (χ1v) is 8.85. The average molecular weight is 379 g/mol. The minimum atomic E-state index is 0.428. The lowest BCUT2D eigenvalue weighted by Crippen LogP contribution is -2.04. The fourth-order valence-electron chi connectivity index (χ4n) is 2.74. The van der Waals surface area contributed by atoms with Gasteiger partial charge in [-0.3, -0.25) is 0 Å². The van der Waals surface area contributed by atoms with Gasteiger partial charge in [-0.1, -0.05) is 34.5 Å². The predicted molar refractivity (Wildman–Crippen MR) is 97.5 cm³/mol. The normalized spacial score (nSPS) is 11.5. The summed E-state index contributed by atoms with van der Waals surface area (Å²) in [5.41, 5.74) is 3.98. The highest BCUT2D eigenvalue weighted by molar-refractivity contribution is 7.21. The number of hydrogen-bond donors (Lipinski definition) is 1. The number of nitrogens with zero attached hydrogens (tertiary/aromatic N) is 3. The third-order valence-corrected chi connectivity index (χ3v) is 5.11. The fraction of sp³-hybridized carbons (Fsp3) is 0.188. The molecule has 4 rings (SSSR count). The van der Waals surface area contributed by atoms with Crippen LogP contribution in [-0.2, 0) is 6.42 Å². The van der Waals surface area contributed by atoms with Gasteiger partial charge in [0.15, 0.2) is 14.8 Å². The van der Waals surface area contributed by atoms with Crippen molar-refractivity contribution in [2.24, 2.45) is 0 Å². The Morgan fingerprint density at radius 2 is 2.12 bits per heavy atom. The Bertz CT molecular complexity index is 1040. The Labute approximate surface area is 151 Å². The molecule has 0 amide bonds. The van der Waals surface area contributed by atoms with Crippen molar-refractivity contribution in [3.05, 3.63) is 45.3 Å². The minimum absolute atomic E-state index is 0.428. The molecule has 0 bridgehead atoms. The predicted octanol–water partition coefficient (Wildman–Crippen LogP) is 4.80. The molecule has 1 aromatic carbocycles.